The van der Waals surface area contributed by atoms with Crippen molar-refractivity contribution >= 4 is 22.4 Å². The third-order valence-electron chi connectivity index (χ3n) is 2.18. The Hall–Kier alpha value is -0.660. The van der Waals surface area contributed by atoms with Crippen LogP contribution in [0.15, 0.2) is 23.1 Å². The summed E-state index contributed by atoms with van der Waals surface area (Å²) in [6.45, 7) is -0.245. The van der Waals surface area contributed by atoms with Gasteiger partial charge >= 0.3 is 6.18 Å². The fraction of sp³-hybridized carbons (Fsp3) is 0.400. The molecule has 18 heavy (non-hydrogen) atoms. The molecule has 8 heteroatoms. The van der Waals surface area contributed by atoms with Crippen molar-refractivity contribution < 1.29 is 21.8 Å². The van der Waals surface area contributed by atoms with E-state index in [0.717, 1.165) is 18.2 Å². The van der Waals surface area contributed by atoms with Crippen LogP contribution >= 0.6 is 11.6 Å². The quantitative estimate of drug-likeness (QED) is 0.869. The van der Waals surface area contributed by atoms with Crippen molar-refractivity contribution in [2.24, 2.45) is 5.73 Å². The van der Waals surface area contributed by atoms with Gasteiger partial charge in [0.1, 0.15) is 11.1 Å². The fourth-order valence-electron chi connectivity index (χ4n) is 1.31. The van der Waals surface area contributed by atoms with Crippen LogP contribution in [0.5, 0.6) is 0 Å². The molecule has 0 fully saturated rings. The van der Waals surface area contributed by atoms with E-state index < -0.39 is 34.5 Å². The maximum Gasteiger partial charge on any atom is 0.403 e. The molecule has 0 saturated heterocycles. The summed E-state index contributed by atoms with van der Waals surface area (Å²) in [6, 6.07) is 2.83. The molecule has 2 nitrogen and oxygen atoms in total. The van der Waals surface area contributed by atoms with E-state index in [1.807, 2.05) is 0 Å². The van der Waals surface area contributed by atoms with Gasteiger partial charge in [-0.1, -0.05) is 11.6 Å². The average Bonchev–Trinajstić information content (AvgIpc) is 2.27. The number of halogens is 5. The van der Waals surface area contributed by atoms with Gasteiger partial charge in [0.05, 0.1) is 15.8 Å². The molecule has 1 rings (SSSR count). The molecule has 0 radical (unpaired) electrons. The molecule has 0 bridgehead atoms. The summed E-state index contributed by atoms with van der Waals surface area (Å²) in [5.41, 5.74) is 5.08. The second kappa shape index (κ2) is 5.99. The molecule has 0 spiro atoms. The number of benzene rings is 1. The van der Waals surface area contributed by atoms with Crippen LogP contribution in [0.2, 0.25) is 5.02 Å². The highest BCUT2D eigenvalue weighted by Crippen LogP contribution is 2.31. The van der Waals surface area contributed by atoms with Gasteiger partial charge in [0, 0.05) is 4.90 Å². The van der Waals surface area contributed by atoms with E-state index in [-0.39, 0.29) is 16.5 Å². The minimum atomic E-state index is -4.63. The van der Waals surface area contributed by atoms with E-state index in [1.165, 1.54) is 0 Å². The van der Waals surface area contributed by atoms with Crippen molar-refractivity contribution in [3.05, 3.63) is 29.0 Å². The minimum Gasteiger partial charge on any atom is -0.330 e. The molecule has 0 aromatic heterocycles. The Labute approximate surface area is 109 Å². The topological polar surface area (TPSA) is 43.1 Å². The largest absolute Gasteiger partial charge is 0.403 e. The van der Waals surface area contributed by atoms with Crippen molar-refractivity contribution in [1.82, 2.24) is 0 Å². The van der Waals surface area contributed by atoms with Crippen LogP contribution in [0.25, 0.3) is 0 Å². The van der Waals surface area contributed by atoms with E-state index in [0.29, 0.717) is 0 Å². The maximum atomic E-state index is 12.9. The van der Waals surface area contributed by atoms with Crippen LogP contribution in [-0.2, 0) is 10.8 Å². The highest BCUT2D eigenvalue weighted by Gasteiger charge is 2.43. The Balaban J connectivity index is 3.06. The van der Waals surface area contributed by atoms with Gasteiger partial charge in [-0.15, -0.1) is 0 Å². The van der Waals surface area contributed by atoms with Crippen molar-refractivity contribution in [3.8, 4) is 0 Å². The van der Waals surface area contributed by atoms with Crippen LogP contribution in [-0.4, -0.2) is 22.2 Å². The van der Waals surface area contributed by atoms with Crippen molar-refractivity contribution in [3.63, 3.8) is 0 Å². The normalized spacial score (nSPS) is 15.4. The molecule has 2 N–H and O–H groups in total. The third-order valence-corrected chi connectivity index (χ3v) is 4.20. The predicted octanol–water partition coefficient (Wildman–Crippen LogP) is 2.87. The first-order chi connectivity index (χ1) is 8.27. The summed E-state index contributed by atoms with van der Waals surface area (Å²) in [6.07, 6.45) is -5.10. The van der Waals surface area contributed by atoms with Crippen LogP contribution in [0, 0.1) is 5.82 Å². The molecule has 2 atom stereocenters. The number of nitrogens with two attached hydrogens (primary N) is 1. The first-order valence-corrected chi connectivity index (χ1v) is 6.49. The predicted molar refractivity (Wildman–Crippen MR) is 61.3 cm³/mol. The Morgan fingerprint density at radius 1 is 1.39 bits per heavy atom. The van der Waals surface area contributed by atoms with Gasteiger partial charge in [-0.25, -0.2) is 4.39 Å². The highest BCUT2D eigenvalue weighted by molar-refractivity contribution is 7.85. The Bertz CT molecular complexity index is 452. The van der Waals surface area contributed by atoms with Gasteiger partial charge in [-0.3, -0.25) is 4.21 Å². The van der Waals surface area contributed by atoms with Crippen LogP contribution in [0.4, 0.5) is 17.6 Å². The molecule has 2 unspecified atom stereocenters. The molecule has 1 aromatic carbocycles. The van der Waals surface area contributed by atoms with Crippen LogP contribution in [0.3, 0.4) is 0 Å². The summed E-state index contributed by atoms with van der Waals surface area (Å²) in [7, 11) is -2.37. The zero-order valence-electron chi connectivity index (χ0n) is 9.01. The monoisotopic (exact) mass is 303 g/mol. The lowest BCUT2D eigenvalue weighted by molar-refractivity contribution is -0.130. The Morgan fingerprint density at radius 3 is 2.44 bits per heavy atom. The smallest absolute Gasteiger partial charge is 0.330 e. The van der Waals surface area contributed by atoms with E-state index in [4.69, 9.17) is 17.3 Å². The first-order valence-electron chi connectivity index (χ1n) is 4.89. The van der Waals surface area contributed by atoms with E-state index >= 15 is 0 Å². The summed E-state index contributed by atoms with van der Waals surface area (Å²) >= 11 is 5.44. The molecule has 0 heterocycles. The van der Waals surface area contributed by atoms with E-state index in [9.17, 15) is 21.8 Å². The SMILES string of the molecule is NCCC(S(=O)c1ccc(F)c(Cl)c1)C(F)(F)F. The van der Waals surface area contributed by atoms with Gasteiger partial charge < -0.3 is 5.73 Å². The molecule has 1 aromatic rings. The molecular formula is C10H10ClF4NOS. The standard InChI is InChI=1S/C10H10ClF4NOS/c11-7-5-6(1-2-8(7)12)18(17)9(3-4-16)10(13,14)15/h1-2,5,9H,3-4,16H2. The van der Waals surface area contributed by atoms with Gasteiger partial charge in [0.2, 0.25) is 0 Å². The van der Waals surface area contributed by atoms with Gasteiger partial charge in [0.25, 0.3) is 0 Å². The Morgan fingerprint density at radius 2 is 2.00 bits per heavy atom. The van der Waals surface area contributed by atoms with Crippen LogP contribution in [0.1, 0.15) is 6.42 Å². The summed E-state index contributed by atoms with van der Waals surface area (Å²) in [5.74, 6) is -0.778. The summed E-state index contributed by atoms with van der Waals surface area (Å²) in [5, 5.41) is -2.45. The average molecular weight is 304 g/mol. The minimum absolute atomic E-state index is 0.169. The summed E-state index contributed by atoms with van der Waals surface area (Å²) < 4.78 is 62.7. The lowest BCUT2D eigenvalue weighted by atomic mass is 10.3. The maximum absolute atomic E-state index is 12.9. The number of hydrogen-bond donors (Lipinski definition) is 1. The molecular weight excluding hydrogens is 294 g/mol. The van der Waals surface area contributed by atoms with E-state index in [1.54, 1.807) is 0 Å². The molecule has 0 aliphatic rings. The van der Waals surface area contributed by atoms with Crippen molar-refractivity contribution in [1.29, 1.82) is 0 Å². The molecule has 0 amide bonds. The molecule has 0 saturated carbocycles. The number of rotatable bonds is 4. The van der Waals surface area contributed by atoms with E-state index in [2.05, 4.69) is 0 Å². The van der Waals surface area contributed by atoms with Gasteiger partial charge in [-0.05, 0) is 31.2 Å². The number of hydrogen-bond acceptors (Lipinski definition) is 2. The molecule has 102 valence electrons. The molecule has 0 aliphatic carbocycles. The van der Waals surface area contributed by atoms with Crippen molar-refractivity contribution in [2.45, 2.75) is 22.7 Å². The third kappa shape index (κ3) is 3.66. The second-order valence-corrected chi connectivity index (χ2v) is 5.52. The van der Waals surface area contributed by atoms with Crippen molar-refractivity contribution in [2.75, 3.05) is 6.54 Å². The Kier molecular flexibility index (Phi) is 5.12. The van der Waals surface area contributed by atoms with Gasteiger partial charge in [0.15, 0.2) is 0 Å². The number of alkyl halides is 3. The molecule has 0 aliphatic heterocycles. The highest BCUT2D eigenvalue weighted by atomic mass is 35.5. The lowest BCUT2D eigenvalue weighted by Gasteiger charge is -2.19. The zero-order chi connectivity index (χ0) is 13.9. The fourth-order valence-corrected chi connectivity index (χ4v) is 2.91. The van der Waals surface area contributed by atoms with Crippen LogP contribution < -0.4 is 5.73 Å². The van der Waals surface area contributed by atoms with Gasteiger partial charge in [-0.2, -0.15) is 13.2 Å². The second-order valence-electron chi connectivity index (χ2n) is 3.48. The lowest BCUT2D eigenvalue weighted by Crippen LogP contribution is -2.35. The first kappa shape index (κ1) is 15.4. The summed E-state index contributed by atoms with van der Waals surface area (Å²) in [4.78, 5) is -0.169. The zero-order valence-corrected chi connectivity index (χ0v) is 10.6.